The predicted octanol–water partition coefficient (Wildman–Crippen LogP) is 3.95. The zero-order valence-corrected chi connectivity index (χ0v) is 11.9. The number of halogens is 3. The first-order valence-electron chi connectivity index (χ1n) is 5.77. The predicted molar refractivity (Wildman–Crippen MR) is 76.3 cm³/mol. The van der Waals surface area contributed by atoms with Crippen LogP contribution < -0.4 is 10.1 Å². The minimum absolute atomic E-state index is 0.0346. The Morgan fingerprint density at radius 1 is 1.33 bits per heavy atom. The molecule has 21 heavy (non-hydrogen) atoms. The van der Waals surface area contributed by atoms with Crippen molar-refractivity contribution in [3.8, 4) is 11.9 Å². The van der Waals surface area contributed by atoms with Crippen LogP contribution in [-0.4, -0.2) is 18.0 Å². The average molecular weight is 315 g/mol. The molecule has 0 atom stereocenters. The summed E-state index contributed by atoms with van der Waals surface area (Å²) in [6.45, 7) is 0. The van der Waals surface area contributed by atoms with Gasteiger partial charge in [-0.2, -0.15) is 14.0 Å². The summed E-state index contributed by atoms with van der Waals surface area (Å²) in [5, 5.41) is 11.1. The fraction of sp³-hybridized carbons (Fsp3) is 0.231. The van der Waals surface area contributed by atoms with E-state index in [2.05, 4.69) is 10.3 Å². The highest BCUT2D eigenvalue weighted by Gasteiger charge is 2.07. The Balaban J connectivity index is 2.69. The van der Waals surface area contributed by atoms with Gasteiger partial charge in [0.2, 0.25) is 0 Å². The van der Waals surface area contributed by atoms with Crippen LogP contribution in [0.25, 0.3) is 0 Å². The second-order valence-electron chi connectivity index (χ2n) is 3.62. The van der Waals surface area contributed by atoms with Crippen molar-refractivity contribution in [2.45, 2.75) is 6.42 Å². The number of nitrogens with zero attached hydrogens (tertiary/aromatic N) is 2. The Hall–Kier alpha value is -2.14. The first-order chi connectivity index (χ1) is 10.1. The lowest BCUT2D eigenvalue weighted by atomic mass is 10.3. The molecule has 1 aromatic rings. The monoisotopic (exact) mass is 315 g/mol. The second kappa shape index (κ2) is 8.92. The molecule has 1 N–H and O–H groups in total. The van der Waals surface area contributed by atoms with Gasteiger partial charge in [0.05, 0.1) is 12.8 Å². The maximum Gasteiger partial charge on any atom is 0.301 e. The molecule has 0 aromatic heterocycles. The zero-order valence-electron chi connectivity index (χ0n) is 11.1. The number of aliphatic imine (C=N–C) groups is 1. The van der Waals surface area contributed by atoms with Gasteiger partial charge in [-0.3, -0.25) is 5.32 Å². The topological polar surface area (TPSA) is 57.4 Å². The second-order valence-corrected chi connectivity index (χ2v) is 4.70. The normalized spacial score (nSPS) is 10.7. The molecule has 0 aliphatic rings. The lowest BCUT2D eigenvalue weighted by Crippen LogP contribution is -2.13. The van der Waals surface area contributed by atoms with E-state index in [1.165, 1.54) is 7.11 Å². The lowest BCUT2D eigenvalue weighted by Gasteiger charge is -2.04. The van der Waals surface area contributed by atoms with Crippen LogP contribution in [-0.2, 0) is 0 Å². The summed E-state index contributed by atoms with van der Waals surface area (Å²) in [6, 6.07) is 6.71. The van der Waals surface area contributed by atoms with Gasteiger partial charge in [0, 0.05) is 12.2 Å². The molecule has 0 saturated carbocycles. The summed E-state index contributed by atoms with van der Waals surface area (Å²) in [6.07, 6.45) is -1.06. The van der Waals surface area contributed by atoms with Crippen LogP contribution in [0.4, 0.5) is 18.9 Å². The minimum Gasteiger partial charge on any atom is -0.497 e. The largest absolute Gasteiger partial charge is 0.497 e. The Morgan fingerprint density at radius 3 is 2.52 bits per heavy atom. The smallest absolute Gasteiger partial charge is 0.301 e. The van der Waals surface area contributed by atoms with E-state index in [1.807, 2.05) is 0 Å². The number of hydrogen-bond acceptors (Lipinski definition) is 4. The van der Waals surface area contributed by atoms with Crippen molar-refractivity contribution in [2.24, 2.45) is 4.99 Å². The molecule has 0 aliphatic carbocycles. The van der Waals surface area contributed by atoms with E-state index in [-0.39, 0.29) is 10.9 Å². The maximum atomic E-state index is 12.6. The van der Waals surface area contributed by atoms with Gasteiger partial charge in [-0.15, -0.1) is 0 Å². The van der Waals surface area contributed by atoms with E-state index in [1.54, 1.807) is 30.5 Å². The number of hydrogen-bond donors (Lipinski definition) is 1. The highest BCUT2D eigenvalue weighted by molar-refractivity contribution is 8.13. The third kappa shape index (κ3) is 6.23. The number of thioether (sulfide) groups is 1. The van der Waals surface area contributed by atoms with Crippen LogP contribution in [0.15, 0.2) is 41.2 Å². The van der Waals surface area contributed by atoms with Crippen LogP contribution in [0.5, 0.6) is 5.75 Å². The third-order valence-corrected chi connectivity index (χ3v) is 3.11. The van der Waals surface area contributed by atoms with Crippen LogP contribution in [0, 0.1) is 11.5 Å². The molecule has 0 radical (unpaired) electrons. The molecular weight excluding hydrogens is 303 g/mol. The summed E-state index contributed by atoms with van der Waals surface area (Å²) < 4.78 is 41.5. The van der Waals surface area contributed by atoms with Gasteiger partial charge in [0.1, 0.15) is 5.75 Å². The van der Waals surface area contributed by atoms with E-state index in [4.69, 9.17) is 10.00 Å². The van der Waals surface area contributed by atoms with Crippen molar-refractivity contribution in [2.75, 3.05) is 12.9 Å². The Bertz CT molecular complexity index is 563. The SMILES string of the molecule is COc1ccc(N=C(NC#N)SCCC(F)=C(F)F)cc1. The van der Waals surface area contributed by atoms with Crippen molar-refractivity contribution >= 4 is 22.6 Å². The van der Waals surface area contributed by atoms with Crippen LogP contribution in [0.2, 0.25) is 0 Å². The summed E-state index contributed by atoms with van der Waals surface area (Å²) in [7, 11) is 1.53. The number of allylic oxidation sites excluding steroid dienone is 1. The number of methoxy groups -OCH3 is 1. The lowest BCUT2D eigenvalue weighted by molar-refractivity contribution is 0.373. The van der Waals surface area contributed by atoms with Gasteiger partial charge in [0.25, 0.3) is 0 Å². The van der Waals surface area contributed by atoms with Crippen LogP contribution >= 0.6 is 11.8 Å². The van der Waals surface area contributed by atoms with Gasteiger partial charge >= 0.3 is 6.08 Å². The van der Waals surface area contributed by atoms with Gasteiger partial charge in [0.15, 0.2) is 17.2 Å². The molecule has 0 saturated heterocycles. The molecule has 0 fully saturated rings. The highest BCUT2D eigenvalue weighted by Crippen LogP contribution is 2.21. The first-order valence-corrected chi connectivity index (χ1v) is 6.75. The van der Waals surface area contributed by atoms with E-state index in [0.717, 1.165) is 11.8 Å². The van der Waals surface area contributed by atoms with E-state index < -0.39 is 18.3 Å². The van der Waals surface area contributed by atoms with E-state index >= 15 is 0 Å². The van der Waals surface area contributed by atoms with Crippen molar-refractivity contribution in [3.05, 3.63) is 36.2 Å². The fourth-order valence-corrected chi connectivity index (χ4v) is 2.01. The molecule has 4 nitrogen and oxygen atoms in total. The number of ether oxygens (including phenoxy) is 1. The summed E-state index contributed by atoms with van der Waals surface area (Å²) in [4.78, 5) is 4.13. The van der Waals surface area contributed by atoms with Crippen molar-refractivity contribution in [3.63, 3.8) is 0 Å². The van der Waals surface area contributed by atoms with Crippen molar-refractivity contribution in [1.29, 1.82) is 5.26 Å². The quantitative estimate of drug-likeness (QED) is 0.387. The van der Waals surface area contributed by atoms with Crippen molar-refractivity contribution in [1.82, 2.24) is 5.32 Å². The van der Waals surface area contributed by atoms with Gasteiger partial charge < -0.3 is 4.74 Å². The number of amidine groups is 1. The first kappa shape index (κ1) is 16.9. The molecule has 0 spiro atoms. The number of nitrogens with one attached hydrogen (secondary N) is 1. The van der Waals surface area contributed by atoms with E-state index in [0.29, 0.717) is 11.4 Å². The number of nitriles is 1. The molecule has 8 heteroatoms. The standard InChI is InChI=1S/C13H12F3N3OS/c1-20-10-4-2-9(3-5-10)19-13(18-8-17)21-7-6-11(14)12(15)16/h2-5H,6-7H2,1H3,(H,18,19). The summed E-state index contributed by atoms with van der Waals surface area (Å²) in [5.74, 6) is -0.766. The third-order valence-electron chi connectivity index (χ3n) is 2.23. The zero-order chi connectivity index (χ0) is 15.7. The Morgan fingerprint density at radius 2 is 2.00 bits per heavy atom. The molecule has 0 amide bonds. The highest BCUT2D eigenvalue weighted by atomic mass is 32.2. The maximum absolute atomic E-state index is 12.6. The summed E-state index contributed by atoms with van der Waals surface area (Å²) >= 11 is 0.974. The fourth-order valence-electron chi connectivity index (χ4n) is 1.25. The average Bonchev–Trinajstić information content (AvgIpc) is 2.48. The Kier molecular flexibility index (Phi) is 7.18. The van der Waals surface area contributed by atoms with Gasteiger partial charge in [-0.1, -0.05) is 11.8 Å². The molecule has 0 heterocycles. The molecular formula is C13H12F3N3OS. The van der Waals surface area contributed by atoms with Gasteiger partial charge in [-0.05, 0) is 24.3 Å². The molecule has 112 valence electrons. The molecule has 0 unspecified atom stereocenters. The number of benzene rings is 1. The van der Waals surface area contributed by atoms with Crippen LogP contribution in [0.3, 0.4) is 0 Å². The van der Waals surface area contributed by atoms with Crippen LogP contribution in [0.1, 0.15) is 6.42 Å². The van der Waals surface area contributed by atoms with E-state index in [9.17, 15) is 13.2 Å². The summed E-state index contributed by atoms with van der Waals surface area (Å²) in [5.41, 5.74) is 0.550. The molecule has 0 aliphatic heterocycles. The number of rotatable bonds is 5. The molecule has 1 rings (SSSR count). The molecule has 1 aromatic carbocycles. The minimum atomic E-state index is -2.32. The van der Waals surface area contributed by atoms with Gasteiger partial charge in [-0.25, -0.2) is 9.38 Å². The van der Waals surface area contributed by atoms with Crippen molar-refractivity contribution < 1.29 is 17.9 Å². The Labute approximate surface area is 124 Å². The molecule has 0 bridgehead atoms.